The predicted molar refractivity (Wildman–Crippen MR) is 131 cm³/mol. The second-order valence-corrected chi connectivity index (χ2v) is 12.0. The Balaban J connectivity index is 1.39. The molecule has 0 saturated carbocycles. The van der Waals surface area contributed by atoms with E-state index in [1.54, 1.807) is 30.9 Å². The zero-order chi connectivity index (χ0) is 25.0. The molecule has 35 heavy (non-hydrogen) atoms. The number of amides is 1. The number of sulfone groups is 1. The van der Waals surface area contributed by atoms with Gasteiger partial charge in [-0.25, -0.2) is 8.42 Å². The Morgan fingerprint density at radius 3 is 2.37 bits per heavy atom. The first-order chi connectivity index (χ1) is 16.7. The smallest absolute Gasteiger partial charge is 0.253 e. The number of aromatic nitrogens is 1. The fraction of sp³-hybridized carbons (Fsp3) is 0.333. The largest absolute Gasteiger partial charge is 0.479 e. The highest BCUT2D eigenvalue weighted by atomic mass is 32.2. The molecule has 5 rings (SSSR count). The molecular weight excluding hydrogens is 462 g/mol. The first kappa shape index (κ1) is 23.2. The Bertz CT molecular complexity index is 1460. The van der Waals surface area contributed by atoms with Gasteiger partial charge in [-0.15, -0.1) is 0 Å². The SMILES string of the molecule is Cc1ccc2c(c1)OC1(CCN(C(=O)c3ccc(S(=O)(=O)C(C)C)cc3)CC1)c1ccc(C#N)n1-2. The Morgan fingerprint density at radius 1 is 1.06 bits per heavy atom. The number of hydrogen-bond donors (Lipinski definition) is 0. The summed E-state index contributed by atoms with van der Waals surface area (Å²) < 4.78 is 33.4. The van der Waals surface area contributed by atoms with Gasteiger partial charge in [0.1, 0.15) is 17.5 Å². The van der Waals surface area contributed by atoms with Crippen molar-refractivity contribution < 1.29 is 17.9 Å². The summed E-state index contributed by atoms with van der Waals surface area (Å²) in [6.45, 7) is 6.26. The number of piperidine rings is 1. The van der Waals surface area contributed by atoms with E-state index >= 15 is 0 Å². The van der Waals surface area contributed by atoms with Crippen molar-refractivity contribution in [2.75, 3.05) is 13.1 Å². The van der Waals surface area contributed by atoms with Gasteiger partial charge in [0.05, 0.1) is 21.5 Å². The van der Waals surface area contributed by atoms with Gasteiger partial charge in [0, 0.05) is 31.5 Å². The highest BCUT2D eigenvalue weighted by molar-refractivity contribution is 7.92. The van der Waals surface area contributed by atoms with Crippen LogP contribution in [0.2, 0.25) is 0 Å². The maximum atomic E-state index is 13.2. The molecule has 3 heterocycles. The van der Waals surface area contributed by atoms with E-state index in [2.05, 4.69) is 6.07 Å². The van der Waals surface area contributed by atoms with E-state index < -0.39 is 20.7 Å². The molecule has 0 bridgehead atoms. The molecule has 8 heteroatoms. The van der Waals surface area contributed by atoms with E-state index in [0.29, 0.717) is 37.2 Å². The lowest BCUT2D eigenvalue weighted by Gasteiger charge is -2.45. The molecule has 1 spiro atoms. The first-order valence-electron chi connectivity index (χ1n) is 11.7. The van der Waals surface area contributed by atoms with E-state index in [4.69, 9.17) is 4.74 Å². The molecule has 180 valence electrons. The van der Waals surface area contributed by atoms with Gasteiger partial charge in [0.2, 0.25) is 0 Å². The number of ether oxygens (including phenoxy) is 1. The van der Waals surface area contributed by atoms with Crippen LogP contribution in [-0.2, 0) is 15.4 Å². The lowest BCUT2D eigenvalue weighted by Crippen LogP contribution is -2.50. The van der Waals surface area contributed by atoms with Crippen molar-refractivity contribution in [3.05, 3.63) is 77.1 Å². The van der Waals surface area contributed by atoms with Crippen molar-refractivity contribution in [2.45, 2.75) is 49.4 Å². The van der Waals surface area contributed by atoms with Crippen molar-refractivity contribution in [3.8, 4) is 17.5 Å². The van der Waals surface area contributed by atoms with Gasteiger partial charge in [-0.05, 0) is 74.9 Å². The number of nitrogens with zero attached hydrogens (tertiary/aromatic N) is 3. The van der Waals surface area contributed by atoms with Crippen LogP contribution in [0.15, 0.2) is 59.5 Å². The van der Waals surface area contributed by atoms with Gasteiger partial charge < -0.3 is 9.64 Å². The van der Waals surface area contributed by atoms with Crippen LogP contribution in [0.1, 0.15) is 54.0 Å². The van der Waals surface area contributed by atoms with Gasteiger partial charge >= 0.3 is 0 Å². The zero-order valence-electron chi connectivity index (χ0n) is 20.0. The number of hydrogen-bond acceptors (Lipinski definition) is 5. The molecule has 7 nitrogen and oxygen atoms in total. The number of benzene rings is 2. The van der Waals surface area contributed by atoms with Crippen LogP contribution in [0.3, 0.4) is 0 Å². The Hall–Kier alpha value is -3.57. The fourth-order valence-corrected chi connectivity index (χ4v) is 6.02. The Labute approximate surface area is 205 Å². The molecule has 0 radical (unpaired) electrons. The van der Waals surface area contributed by atoms with Crippen LogP contribution in [-0.4, -0.2) is 42.1 Å². The molecular formula is C27H27N3O4S. The summed E-state index contributed by atoms with van der Waals surface area (Å²) in [5.41, 5.74) is 3.26. The number of aryl methyl sites for hydroxylation is 1. The number of rotatable bonds is 3. The average molecular weight is 490 g/mol. The third kappa shape index (κ3) is 3.71. The summed E-state index contributed by atoms with van der Waals surface area (Å²) >= 11 is 0. The van der Waals surface area contributed by atoms with Crippen molar-refractivity contribution in [2.24, 2.45) is 0 Å². The molecule has 1 amide bonds. The highest BCUT2D eigenvalue weighted by Crippen LogP contribution is 2.46. The quantitative estimate of drug-likeness (QED) is 0.545. The summed E-state index contributed by atoms with van der Waals surface area (Å²) in [6.07, 6.45) is 1.17. The molecule has 1 aromatic heterocycles. The molecule has 3 aromatic rings. The van der Waals surface area contributed by atoms with Crippen LogP contribution in [0.5, 0.6) is 5.75 Å². The predicted octanol–water partition coefficient (Wildman–Crippen LogP) is 4.36. The minimum Gasteiger partial charge on any atom is -0.479 e. The summed E-state index contributed by atoms with van der Waals surface area (Å²) in [6, 6.07) is 18.2. The van der Waals surface area contributed by atoms with Gasteiger partial charge in [-0.2, -0.15) is 5.26 Å². The molecule has 0 aliphatic carbocycles. The minimum absolute atomic E-state index is 0.131. The molecule has 2 aliphatic heterocycles. The minimum atomic E-state index is -3.39. The monoisotopic (exact) mass is 489 g/mol. The maximum absolute atomic E-state index is 13.2. The number of fused-ring (bicyclic) bond motifs is 4. The number of carbonyl (C=O) groups is 1. The molecule has 1 fully saturated rings. The van der Waals surface area contributed by atoms with Crippen LogP contribution in [0.4, 0.5) is 0 Å². The molecule has 1 saturated heterocycles. The lowest BCUT2D eigenvalue weighted by atomic mass is 9.86. The highest BCUT2D eigenvalue weighted by Gasteiger charge is 2.45. The summed E-state index contributed by atoms with van der Waals surface area (Å²) in [5.74, 6) is 0.612. The van der Waals surface area contributed by atoms with Gasteiger partial charge in [-0.3, -0.25) is 9.36 Å². The zero-order valence-corrected chi connectivity index (χ0v) is 20.8. The Kier molecular flexibility index (Phi) is 5.48. The number of likely N-dealkylation sites (tertiary alicyclic amines) is 1. The van der Waals surface area contributed by atoms with E-state index in [1.807, 2.05) is 41.8 Å². The fourth-order valence-electron chi connectivity index (χ4n) is 4.96. The van der Waals surface area contributed by atoms with Gasteiger partial charge in [0.15, 0.2) is 15.4 Å². The molecule has 0 N–H and O–H groups in total. The van der Waals surface area contributed by atoms with Crippen molar-refractivity contribution >= 4 is 15.7 Å². The van der Waals surface area contributed by atoms with Crippen LogP contribution in [0, 0.1) is 18.3 Å². The maximum Gasteiger partial charge on any atom is 0.253 e. The Morgan fingerprint density at radius 2 is 1.74 bits per heavy atom. The van der Waals surface area contributed by atoms with Gasteiger partial charge in [0.25, 0.3) is 5.91 Å². The first-order valence-corrected chi connectivity index (χ1v) is 13.3. The van der Waals surface area contributed by atoms with Crippen molar-refractivity contribution in [1.82, 2.24) is 9.47 Å². The third-order valence-electron chi connectivity index (χ3n) is 7.03. The average Bonchev–Trinajstić information content (AvgIpc) is 3.29. The number of carbonyl (C=O) groups excluding carboxylic acids is 1. The van der Waals surface area contributed by atoms with Crippen molar-refractivity contribution in [1.29, 1.82) is 5.26 Å². The lowest BCUT2D eigenvalue weighted by molar-refractivity contribution is -0.00941. The second-order valence-electron chi connectivity index (χ2n) is 9.53. The second kappa shape index (κ2) is 8.28. The van der Waals surface area contributed by atoms with Gasteiger partial charge in [-0.1, -0.05) is 6.07 Å². The molecule has 2 aromatic carbocycles. The van der Waals surface area contributed by atoms with Crippen LogP contribution in [0.25, 0.3) is 5.69 Å². The summed E-state index contributed by atoms with van der Waals surface area (Å²) in [4.78, 5) is 15.2. The molecule has 0 atom stereocenters. The number of nitriles is 1. The standard InChI is InChI=1S/C27H27N3O4S/c1-18(2)35(32,33)22-8-5-20(6-9-22)26(31)29-14-12-27(13-15-29)25-11-7-21(17-28)30(25)23-10-4-19(3)16-24(23)34-27/h4-11,16,18H,12-15H2,1-3H3. The van der Waals surface area contributed by atoms with Crippen LogP contribution < -0.4 is 4.74 Å². The topological polar surface area (TPSA) is 92.4 Å². The van der Waals surface area contributed by atoms with E-state index in [1.165, 1.54) is 12.1 Å². The normalized spacial score (nSPS) is 16.4. The summed E-state index contributed by atoms with van der Waals surface area (Å²) in [5, 5.41) is 9.17. The van der Waals surface area contributed by atoms with Crippen molar-refractivity contribution in [3.63, 3.8) is 0 Å². The van der Waals surface area contributed by atoms with E-state index in [9.17, 15) is 18.5 Å². The van der Waals surface area contributed by atoms with E-state index in [0.717, 1.165) is 22.7 Å². The van der Waals surface area contributed by atoms with Crippen LogP contribution >= 0.6 is 0 Å². The van der Waals surface area contributed by atoms with E-state index in [-0.39, 0.29) is 10.8 Å². The molecule has 0 unspecified atom stereocenters. The molecule has 2 aliphatic rings. The summed E-state index contributed by atoms with van der Waals surface area (Å²) in [7, 11) is -3.39. The third-order valence-corrected chi connectivity index (χ3v) is 9.20.